The van der Waals surface area contributed by atoms with Crippen molar-refractivity contribution in [2.45, 2.75) is 13.8 Å². The molecule has 0 spiro atoms. The maximum atomic E-state index is 12.0. The predicted octanol–water partition coefficient (Wildman–Crippen LogP) is 1.91. The smallest absolute Gasteiger partial charge is 0.339 e. The highest BCUT2D eigenvalue weighted by Crippen LogP contribution is 2.19. The van der Waals surface area contributed by atoms with Crippen LogP contribution in [0.15, 0.2) is 18.2 Å². The lowest BCUT2D eigenvalue weighted by Gasteiger charge is -2.23. The first kappa shape index (κ1) is 17.6. The summed E-state index contributed by atoms with van der Waals surface area (Å²) in [5.41, 5.74) is -1.23. The van der Waals surface area contributed by atoms with Crippen LogP contribution < -0.4 is 0 Å². The molecular formula is C15H18O7. The number of esters is 1. The molecule has 22 heavy (non-hydrogen) atoms. The van der Waals surface area contributed by atoms with Crippen LogP contribution >= 0.6 is 0 Å². The first-order valence-corrected chi connectivity index (χ1v) is 6.44. The minimum atomic E-state index is -1.40. The van der Waals surface area contributed by atoms with E-state index in [1.165, 1.54) is 7.11 Å². The molecule has 0 fully saturated rings. The second kappa shape index (κ2) is 7.04. The number of aromatic carboxylic acids is 2. The van der Waals surface area contributed by atoms with Crippen LogP contribution in [-0.2, 0) is 9.47 Å². The van der Waals surface area contributed by atoms with Crippen LogP contribution in [0.25, 0.3) is 0 Å². The van der Waals surface area contributed by atoms with Crippen LogP contribution in [0.5, 0.6) is 0 Å². The summed E-state index contributed by atoms with van der Waals surface area (Å²) >= 11 is 0. The van der Waals surface area contributed by atoms with Gasteiger partial charge >= 0.3 is 17.9 Å². The van der Waals surface area contributed by atoms with Crippen LogP contribution in [0.4, 0.5) is 0 Å². The number of hydrogen-bond acceptors (Lipinski definition) is 5. The highest BCUT2D eigenvalue weighted by molar-refractivity contribution is 6.04. The van der Waals surface area contributed by atoms with Crippen molar-refractivity contribution >= 4 is 17.9 Å². The molecular weight excluding hydrogens is 292 g/mol. The average Bonchev–Trinajstić information content (AvgIpc) is 2.44. The zero-order chi connectivity index (χ0) is 16.9. The summed E-state index contributed by atoms with van der Waals surface area (Å²) in [4.78, 5) is 34.1. The first-order chi connectivity index (χ1) is 10.2. The fourth-order valence-corrected chi connectivity index (χ4v) is 1.80. The molecule has 0 saturated carbocycles. The van der Waals surface area contributed by atoms with E-state index >= 15 is 0 Å². The first-order valence-electron chi connectivity index (χ1n) is 6.44. The van der Waals surface area contributed by atoms with Gasteiger partial charge in [0, 0.05) is 12.5 Å². The van der Waals surface area contributed by atoms with E-state index in [0.717, 1.165) is 18.2 Å². The Balaban J connectivity index is 2.98. The molecule has 0 aromatic heterocycles. The van der Waals surface area contributed by atoms with Crippen LogP contribution in [0.2, 0.25) is 0 Å². The van der Waals surface area contributed by atoms with Gasteiger partial charge in [0.2, 0.25) is 0 Å². The Morgan fingerprint density at radius 3 is 2.18 bits per heavy atom. The van der Waals surface area contributed by atoms with Crippen molar-refractivity contribution in [1.82, 2.24) is 0 Å². The fourth-order valence-electron chi connectivity index (χ4n) is 1.80. The Hall–Kier alpha value is -2.41. The second-order valence-corrected chi connectivity index (χ2v) is 5.54. The van der Waals surface area contributed by atoms with Crippen LogP contribution in [0.3, 0.4) is 0 Å². The van der Waals surface area contributed by atoms with E-state index in [9.17, 15) is 14.4 Å². The van der Waals surface area contributed by atoms with Crippen molar-refractivity contribution in [3.05, 3.63) is 34.9 Å². The van der Waals surface area contributed by atoms with Gasteiger partial charge in [-0.1, -0.05) is 13.8 Å². The minimum Gasteiger partial charge on any atom is -0.478 e. The van der Waals surface area contributed by atoms with Gasteiger partial charge in [-0.2, -0.15) is 0 Å². The minimum absolute atomic E-state index is 0.0411. The van der Waals surface area contributed by atoms with Gasteiger partial charge < -0.3 is 19.7 Å². The van der Waals surface area contributed by atoms with Gasteiger partial charge in [-0.25, -0.2) is 14.4 Å². The van der Waals surface area contributed by atoms with Gasteiger partial charge in [-0.15, -0.1) is 0 Å². The lowest BCUT2D eigenvalue weighted by Crippen LogP contribution is -2.27. The fraction of sp³-hybridized carbons (Fsp3) is 0.400. The third-order valence-electron chi connectivity index (χ3n) is 2.85. The Bertz CT molecular complexity index is 590. The summed E-state index contributed by atoms with van der Waals surface area (Å²) in [6.45, 7) is 4.06. The maximum Gasteiger partial charge on any atom is 0.339 e. The molecule has 2 N–H and O–H groups in total. The van der Waals surface area contributed by atoms with Crippen LogP contribution in [-0.4, -0.2) is 48.4 Å². The number of benzene rings is 1. The second-order valence-electron chi connectivity index (χ2n) is 5.54. The lowest BCUT2D eigenvalue weighted by atomic mass is 9.96. The van der Waals surface area contributed by atoms with E-state index in [1.807, 2.05) is 13.8 Å². The molecule has 0 heterocycles. The number of carboxylic acids is 2. The number of carbonyl (C=O) groups is 3. The summed E-state index contributed by atoms with van der Waals surface area (Å²) in [6, 6.07) is 3.23. The molecule has 0 amide bonds. The molecule has 0 aliphatic heterocycles. The van der Waals surface area contributed by atoms with E-state index in [2.05, 4.69) is 0 Å². The van der Waals surface area contributed by atoms with Crippen molar-refractivity contribution in [3.8, 4) is 0 Å². The van der Waals surface area contributed by atoms with E-state index in [1.54, 1.807) is 0 Å². The molecule has 7 nitrogen and oxygen atoms in total. The molecule has 0 saturated heterocycles. The zero-order valence-corrected chi connectivity index (χ0v) is 12.6. The summed E-state index contributed by atoms with van der Waals surface area (Å²) in [6.07, 6.45) is 0. The third-order valence-corrected chi connectivity index (χ3v) is 2.85. The Kier molecular flexibility index (Phi) is 5.64. The molecule has 0 aliphatic rings. The SMILES string of the molecule is COCC(C)(C)COC(=O)c1ccc(C(=O)O)cc1C(=O)O. The molecule has 0 atom stereocenters. The summed E-state index contributed by atoms with van der Waals surface area (Å²) in [7, 11) is 1.52. The van der Waals surface area contributed by atoms with Crippen molar-refractivity contribution < 1.29 is 34.1 Å². The van der Waals surface area contributed by atoms with E-state index in [4.69, 9.17) is 19.7 Å². The summed E-state index contributed by atoms with van der Waals surface area (Å²) in [5.74, 6) is -3.49. The predicted molar refractivity (Wildman–Crippen MR) is 76.3 cm³/mol. The molecule has 1 aromatic carbocycles. The number of rotatable bonds is 7. The van der Waals surface area contributed by atoms with Crippen molar-refractivity contribution in [2.24, 2.45) is 5.41 Å². The molecule has 7 heteroatoms. The number of ether oxygens (including phenoxy) is 2. The monoisotopic (exact) mass is 310 g/mol. The molecule has 120 valence electrons. The number of methoxy groups -OCH3 is 1. The number of carboxylic acid groups (broad SMARTS) is 2. The van der Waals surface area contributed by atoms with E-state index in [0.29, 0.717) is 6.61 Å². The molecule has 0 bridgehead atoms. The lowest BCUT2D eigenvalue weighted by molar-refractivity contribution is 0.0133. The highest BCUT2D eigenvalue weighted by Gasteiger charge is 2.24. The number of hydrogen-bond donors (Lipinski definition) is 2. The Morgan fingerprint density at radius 2 is 1.68 bits per heavy atom. The van der Waals surface area contributed by atoms with Gasteiger partial charge in [-0.3, -0.25) is 0 Å². The quantitative estimate of drug-likeness (QED) is 0.740. The number of carbonyl (C=O) groups excluding carboxylic acids is 1. The van der Waals surface area contributed by atoms with Crippen molar-refractivity contribution in [1.29, 1.82) is 0 Å². The van der Waals surface area contributed by atoms with E-state index < -0.39 is 28.9 Å². The van der Waals surface area contributed by atoms with Crippen LogP contribution in [0, 0.1) is 5.41 Å². The van der Waals surface area contributed by atoms with Gasteiger partial charge in [0.1, 0.15) is 0 Å². The summed E-state index contributed by atoms with van der Waals surface area (Å²) < 4.78 is 10.1. The molecule has 1 rings (SSSR count). The van der Waals surface area contributed by atoms with Crippen molar-refractivity contribution in [2.75, 3.05) is 20.3 Å². The zero-order valence-electron chi connectivity index (χ0n) is 12.6. The molecule has 0 aliphatic carbocycles. The van der Waals surface area contributed by atoms with Crippen molar-refractivity contribution in [3.63, 3.8) is 0 Å². The summed E-state index contributed by atoms with van der Waals surface area (Å²) in [5, 5.41) is 18.0. The molecule has 0 radical (unpaired) electrons. The maximum absolute atomic E-state index is 12.0. The third kappa shape index (κ3) is 4.56. The van der Waals surface area contributed by atoms with Gasteiger partial charge in [0.25, 0.3) is 0 Å². The molecule has 0 unspecified atom stereocenters. The van der Waals surface area contributed by atoms with Crippen LogP contribution in [0.1, 0.15) is 44.9 Å². The van der Waals surface area contributed by atoms with E-state index in [-0.39, 0.29) is 17.7 Å². The average molecular weight is 310 g/mol. The largest absolute Gasteiger partial charge is 0.478 e. The normalized spacial score (nSPS) is 11.0. The Morgan fingerprint density at radius 1 is 1.05 bits per heavy atom. The topological polar surface area (TPSA) is 110 Å². The molecule has 1 aromatic rings. The standard InChI is InChI=1S/C15H18O7/c1-15(2,7-21-3)8-22-14(20)10-5-4-9(12(16)17)6-11(10)13(18)19/h4-6H,7-8H2,1-3H3,(H,16,17)(H,18,19). The highest BCUT2D eigenvalue weighted by atomic mass is 16.5. The van der Waals surface area contributed by atoms with Gasteiger partial charge in [-0.05, 0) is 18.2 Å². The van der Waals surface area contributed by atoms with Gasteiger partial charge in [0.15, 0.2) is 0 Å². The Labute approximate surface area is 127 Å². The van der Waals surface area contributed by atoms with Gasteiger partial charge in [0.05, 0.1) is 29.9 Å².